The lowest BCUT2D eigenvalue weighted by atomic mass is 10.1. The van der Waals surface area contributed by atoms with Crippen LogP contribution in [0.4, 0.5) is 5.69 Å². The standard InChI is InChI=1S/C13H17ClN2O2/c1-9-10(14)4-2-5-11(9)16-7-3-6-15-13(18)12(16)8-17/h2,4-5,12,17H,3,6-8H2,1H3,(H,15,18). The van der Waals surface area contributed by atoms with E-state index in [9.17, 15) is 9.90 Å². The maximum absolute atomic E-state index is 11.9. The van der Waals surface area contributed by atoms with Crippen molar-refractivity contribution in [3.63, 3.8) is 0 Å². The van der Waals surface area contributed by atoms with Crippen molar-refractivity contribution in [1.29, 1.82) is 0 Å². The van der Waals surface area contributed by atoms with Gasteiger partial charge in [0.05, 0.1) is 6.61 Å². The van der Waals surface area contributed by atoms with E-state index in [0.717, 1.165) is 24.2 Å². The Bertz CT molecular complexity index is 451. The van der Waals surface area contributed by atoms with E-state index in [0.29, 0.717) is 11.6 Å². The number of nitrogens with one attached hydrogen (secondary N) is 1. The van der Waals surface area contributed by atoms with Gasteiger partial charge in [0.2, 0.25) is 5.91 Å². The number of anilines is 1. The summed E-state index contributed by atoms with van der Waals surface area (Å²) in [5, 5.41) is 12.9. The summed E-state index contributed by atoms with van der Waals surface area (Å²) < 4.78 is 0. The number of rotatable bonds is 2. The molecule has 1 unspecified atom stereocenters. The number of aliphatic hydroxyl groups is 1. The lowest BCUT2D eigenvalue weighted by Gasteiger charge is -2.30. The zero-order valence-corrected chi connectivity index (χ0v) is 11.1. The van der Waals surface area contributed by atoms with Crippen molar-refractivity contribution < 1.29 is 9.90 Å². The molecule has 4 nitrogen and oxygen atoms in total. The average molecular weight is 269 g/mol. The molecular weight excluding hydrogens is 252 g/mol. The summed E-state index contributed by atoms with van der Waals surface area (Å²) in [5.41, 5.74) is 1.85. The summed E-state index contributed by atoms with van der Waals surface area (Å²) in [6.45, 7) is 3.10. The molecule has 1 heterocycles. The van der Waals surface area contributed by atoms with Gasteiger partial charge in [0, 0.05) is 23.8 Å². The fourth-order valence-corrected chi connectivity index (χ4v) is 2.42. The van der Waals surface area contributed by atoms with E-state index in [4.69, 9.17) is 11.6 Å². The molecule has 1 atom stereocenters. The molecule has 1 aromatic rings. The molecular formula is C13H17ClN2O2. The third kappa shape index (κ3) is 2.44. The van der Waals surface area contributed by atoms with E-state index in [-0.39, 0.29) is 12.5 Å². The van der Waals surface area contributed by atoms with E-state index in [1.165, 1.54) is 0 Å². The van der Waals surface area contributed by atoms with Crippen molar-refractivity contribution in [3.05, 3.63) is 28.8 Å². The van der Waals surface area contributed by atoms with Crippen LogP contribution in [0.15, 0.2) is 18.2 Å². The van der Waals surface area contributed by atoms with Crippen molar-refractivity contribution in [3.8, 4) is 0 Å². The molecule has 1 aliphatic rings. The predicted octanol–water partition coefficient (Wildman–Crippen LogP) is 1.34. The van der Waals surface area contributed by atoms with E-state index in [1.807, 2.05) is 30.0 Å². The Labute approximate surface area is 112 Å². The number of carbonyl (C=O) groups excluding carboxylic acids is 1. The first kappa shape index (κ1) is 13.2. The molecule has 1 aliphatic heterocycles. The van der Waals surface area contributed by atoms with Crippen molar-refractivity contribution >= 4 is 23.2 Å². The summed E-state index contributed by atoms with van der Waals surface area (Å²) in [7, 11) is 0. The third-order valence-electron chi connectivity index (χ3n) is 3.28. The van der Waals surface area contributed by atoms with Crippen molar-refractivity contribution in [2.45, 2.75) is 19.4 Å². The molecule has 1 aromatic carbocycles. The summed E-state index contributed by atoms with van der Waals surface area (Å²) in [5.74, 6) is -0.130. The Hall–Kier alpha value is -1.26. The summed E-state index contributed by atoms with van der Waals surface area (Å²) in [6, 6.07) is 5.08. The molecule has 0 aromatic heterocycles. The van der Waals surface area contributed by atoms with E-state index < -0.39 is 6.04 Å². The highest BCUT2D eigenvalue weighted by Crippen LogP contribution is 2.28. The molecule has 0 saturated carbocycles. The molecule has 1 amide bonds. The SMILES string of the molecule is Cc1c(Cl)cccc1N1CCCNC(=O)C1CO. The highest BCUT2D eigenvalue weighted by Gasteiger charge is 2.28. The van der Waals surface area contributed by atoms with Crippen LogP contribution in [0, 0.1) is 6.92 Å². The molecule has 0 bridgehead atoms. The number of nitrogens with zero attached hydrogens (tertiary/aromatic N) is 1. The second-order valence-electron chi connectivity index (χ2n) is 4.42. The number of aliphatic hydroxyl groups excluding tert-OH is 1. The maximum atomic E-state index is 11.9. The van der Waals surface area contributed by atoms with Crippen LogP contribution in [-0.2, 0) is 4.79 Å². The van der Waals surface area contributed by atoms with Gasteiger partial charge < -0.3 is 15.3 Å². The van der Waals surface area contributed by atoms with Crippen LogP contribution in [0.5, 0.6) is 0 Å². The van der Waals surface area contributed by atoms with Crippen LogP contribution in [0.2, 0.25) is 5.02 Å². The predicted molar refractivity (Wildman–Crippen MR) is 72.0 cm³/mol. The smallest absolute Gasteiger partial charge is 0.245 e. The number of hydrogen-bond donors (Lipinski definition) is 2. The summed E-state index contributed by atoms with van der Waals surface area (Å²) >= 11 is 6.11. The van der Waals surface area contributed by atoms with Gasteiger partial charge in [0.15, 0.2) is 0 Å². The van der Waals surface area contributed by atoms with Crippen LogP contribution in [0.1, 0.15) is 12.0 Å². The number of benzene rings is 1. The molecule has 5 heteroatoms. The van der Waals surface area contributed by atoms with Crippen LogP contribution in [0.25, 0.3) is 0 Å². The van der Waals surface area contributed by atoms with Gasteiger partial charge in [0.25, 0.3) is 0 Å². The van der Waals surface area contributed by atoms with Gasteiger partial charge in [-0.1, -0.05) is 17.7 Å². The van der Waals surface area contributed by atoms with Crippen LogP contribution < -0.4 is 10.2 Å². The Morgan fingerprint density at radius 2 is 2.33 bits per heavy atom. The minimum absolute atomic E-state index is 0.130. The minimum atomic E-state index is -0.537. The number of hydrogen-bond acceptors (Lipinski definition) is 3. The molecule has 0 radical (unpaired) electrons. The largest absolute Gasteiger partial charge is 0.394 e. The lowest BCUT2D eigenvalue weighted by Crippen LogP contribution is -2.47. The van der Waals surface area contributed by atoms with Crippen LogP contribution >= 0.6 is 11.6 Å². The minimum Gasteiger partial charge on any atom is -0.394 e. The molecule has 0 spiro atoms. The second kappa shape index (κ2) is 5.59. The normalized spacial score (nSPS) is 20.5. The lowest BCUT2D eigenvalue weighted by molar-refractivity contribution is -0.122. The first-order valence-corrected chi connectivity index (χ1v) is 6.43. The molecule has 2 N–H and O–H groups in total. The maximum Gasteiger partial charge on any atom is 0.245 e. The van der Waals surface area contributed by atoms with Gasteiger partial charge in [0.1, 0.15) is 6.04 Å². The summed E-state index contributed by atoms with van der Waals surface area (Å²) in [4.78, 5) is 13.8. The highest BCUT2D eigenvalue weighted by atomic mass is 35.5. The van der Waals surface area contributed by atoms with E-state index in [1.54, 1.807) is 0 Å². The molecule has 0 aliphatic carbocycles. The number of halogens is 1. The molecule has 98 valence electrons. The summed E-state index contributed by atoms with van der Waals surface area (Å²) in [6.07, 6.45) is 0.855. The van der Waals surface area contributed by atoms with Crippen LogP contribution in [-0.4, -0.2) is 36.8 Å². The molecule has 2 rings (SSSR count). The number of amides is 1. The Morgan fingerprint density at radius 3 is 3.06 bits per heavy atom. The van der Waals surface area contributed by atoms with Gasteiger partial charge in [-0.2, -0.15) is 0 Å². The Kier molecular flexibility index (Phi) is 4.09. The highest BCUT2D eigenvalue weighted by molar-refractivity contribution is 6.31. The zero-order chi connectivity index (χ0) is 13.1. The fraction of sp³-hybridized carbons (Fsp3) is 0.462. The zero-order valence-electron chi connectivity index (χ0n) is 10.3. The molecule has 1 fully saturated rings. The number of carbonyl (C=O) groups is 1. The van der Waals surface area contributed by atoms with Crippen molar-refractivity contribution in [2.75, 3.05) is 24.6 Å². The van der Waals surface area contributed by atoms with Gasteiger partial charge in [-0.15, -0.1) is 0 Å². The van der Waals surface area contributed by atoms with Crippen LogP contribution in [0.3, 0.4) is 0 Å². The molecule has 1 saturated heterocycles. The molecule has 18 heavy (non-hydrogen) atoms. The van der Waals surface area contributed by atoms with Gasteiger partial charge >= 0.3 is 0 Å². The van der Waals surface area contributed by atoms with Gasteiger partial charge in [-0.25, -0.2) is 0 Å². The van der Waals surface area contributed by atoms with Crippen molar-refractivity contribution in [2.24, 2.45) is 0 Å². The monoisotopic (exact) mass is 268 g/mol. The first-order chi connectivity index (χ1) is 8.65. The Balaban J connectivity index is 2.39. The van der Waals surface area contributed by atoms with Crippen molar-refractivity contribution in [1.82, 2.24) is 5.32 Å². The second-order valence-corrected chi connectivity index (χ2v) is 4.83. The fourth-order valence-electron chi connectivity index (χ4n) is 2.25. The topological polar surface area (TPSA) is 52.6 Å². The third-order valence-corrected chi connectivity index (χ3v) is 3.68. The van der Waals surface area contributed by atoms with E-state index >= 15 is 0 Å². The van der Waals surface area contributed by atoms with Gasteiger partial charge in [-0.05, 0) is 31.0 Å². The average Bonchev–Trinajstić information content (AvgIpc) is 2.54. The first-order valence-electron chi connectivity index (χ1n) is 6.05. The van der Waals surface area contributed by atoms with Gasteiger partial charge in [-0.3, -0.25) is 4.79 Å². The Morgan fingerprint density at radius 1 is 1.56 bits per heavy atom. The quantitative estimate of drug-likeness (QED) is 0.851. The van der Waals surface area contributed by atoms with E-state index in [2.05, 4.69) is 5.32 Å².